The Morgan fingerprint density at radius 3 is 2.93 bits per heavy atom. The Morgan fingerprint density at radius 2 is 2.15 bits per heavy atom. The van der Waals surface area contributed by atoms with Crippen molar-refractivity contribution in [3.05, 3.63) is 58.9 Å². The van der Waals surface area contributed by atoms with E-state index in [1.807, 2.05) is 38.1 Å². The number of hydrogen-bond acceptors (Lipinski definition) is 5. The van der Waals surface area contributed by atoms with Crippen LogP contribution in [0.5, 0.6) is 5.75 Å². The first kappa shape index (κ1) is 17.7. The number of nitrogens with zero attached hydrogens (tertiary/aromatic N) is 3. The average molecular weight is 376 g/mol. The molecule has 0 saturated heterocycles. The Labute approximate surface area is 162 Å². The summed E-state index contributed by atoms with van der Waals surface area (Å²) in [5, 5.41) is 0.797. The number of benzene rings is 2. The summed E-state index contributed by atoms with van der Waals surface area (Å²) in [6.07, 6.45) is 1.95. The molecular weight excluding hydrogens is 356 g/mol. The Bertz CT molecular complexity index is 1030. The van der Waals surface area contributed by atoms with E-state index in [4.69, 9.17) is 22.0 Å². The quantitative estimate of drug-likeness (QED) is 0.639. The van der Waals surface area contributed by atoms with Crippen LogP contribution in [-0.4, -0.2) is 15.5 Å². The minimum absolute atomic E-state index is 0.0241. The first-order chi connectivity index (χ1) is 13.1. The van der Waals surface area contributed by atoms with Crippen molar-refractivity contribution in [3.63, 3.8) is 0 Å². The lowest BCUT2D eigenvalue weighted by atomic mass is 10.0. The Kier molecular flexibility index (Phi) is 4.65. The van der Waals surface area contributed by atoms with Gasteiger partial charge in [-0.3, -0.25) is 0 Å². The molecular formula is C21H20N4OS. The second kappa shape index (κ2) is 7.10. The highest BCUT2D eigenvalue weighted by Crippen LogP contribution is 2.38. The molecule has 136 valence electrons. The van der Waals surface area contributed by atoms with Gasteiger partial charge in [-0.2, -0.15) is 4.37 Å². The lowest BCUT2D eigenvalue weighted by Crippen LogP contribution is -2.05. The van der Waals surface area contributed by atoms with Crippen molar-refractivity contribution < 1.29 is 4.74 Å². The van der Waals surface area contributed by atoms with Crippen molar-refractivity contribution >= 4 is 17.2 Å². The summed E-state index contributed by atoms with van der Waals surface area (Å²) in [6, 6.07) is 11.9. The van der Waals surface area contributed by atoms with Gasteiger partial charge in [-0.15, -0.1) is 0 Å². The van der Waals surface area contributed by atoms with Crippen LogP contribution in [0.25, 0.3) is 26.8 Å². The zero-order valence-electron chi connectivity index (χ0n) is 15.3. The van der Waals surface area contributed by atoms with Gasteiger partial charge in [0.15, 0.2) is 5.82 Å². The summed E-state index contributed by atoms with van der Waals surface area (Å²) in [4.78, 5) is 8.34. The van der Waals surface area contributed by atoms with Crippen LogP contribution in [0, 0.1) is 6.57 Å². The van der Waals surface area contributed by atoms with Gasteiger partial charge in [0.2, 0.25) is 5.69 Å². The van der Waals surface area contributed by atoms with Gasteiger partial charge in [-0.05, 0) is 61.5 Å². The van der Waals surface area contributed by atoms with Crippen LogP contribution in [0.4, 0.5) is 5.69 Å². The summed E-state index contributed by atoms with van der Waals surface area (Å²) in [6.45, 7) is 11.3. The van der Waals surface area contributed by atoms with E-state index in [0.29, 0.717) is 11.4 Å². The fourth-order valence-electron chi connectivity index (χ4n) is 3.44. The molecule has 1 atom stereocenters. The van der Waals surface area contributed by atoms with E-state index in [9.17, 15) is 0 Å². The Balaban J connectivity index is 1.69. The molecule has 27 heavy (non-hydrogen) atoms. The van der Waals surface area contributed by atoms with Crippen LogP contribution in [0.2, 0.25) is 0 Å². The van der Waals surface area contributed by atoms with E-state index in [0.717, 1.165) is 34.8 Å². The second-order valence-corrected chi connectivity index (χ2v) is 7.65. The first-order valence-corrected chi connectivity index (χ1v) is 9.74. The molecule has 2 aromatic carbocycles. The van der Waals surface area contributed by atoms with E-state index in [-0.39, 0.29) is 12.1 Å². The van der Waals surface area contributed by atoms with Crippen molar-refractivity contribution in [2.75, 3.05) is 0 Å². The summed E-state index contributed by atoms with van der Waals surface area (Å²) in [5.41, 5.74) is 11.1. The normalized spacial score (nSPS) is 15.6. The molecule has 4 rings (SSSR count). The van der Waals surface area contributed by atoms with Crippen molar-refractivity contribution in [2.45, 2.75) is 38.8 Å². The van der Waals surface area contributed by atoms with Gasteiger partial charge in [0.25, 0.3) is 0 Å². The standard InChI is InChI=1S/C21H20N4OS/c1-12(2)26-19-10-7-13(11-18(19)23-3)21-24-20(25-27-21)16-6-4-5-15-14(16)8-9-17(15)22/h4-7,10-12,17H,8-9,22H2,1-2H3/t17-/m0/s1. The molecule has 0 bridgehead atoms. The van der Waals surface area contributed by atoms with E-state index < -0.39 is 0 Å². The molecule has 6 heteroatoms. The maximum absolute atomic E-state index is 7.43. The molecule has 1 aromatic heterocycles. The third-order valence-electron chi connectivity index (χ3n) is 4.67. The molecule has 1 heterocycles. The molecule has 0 radical (unpaired) electrons. The van der Waals surface area contributed by atoms with Gasteiger partial charge in [-0.1, -0.05) is 24.3 Å². The highest BCUT2D eigenvalue weighted by Gasteiger charge is 2.23. The molecule has 5 nitrogen and oxygen atoms in total. The second-order valence-electron chi connectivity index (χ2n) is 6.90. The molecule has 0 saturated carbocycles. The van der Waals surface area contributed by atoms with E-state index in [1.54, 1.807) is 0 Å². The van der Waals surface area contributed by atoms with Gasteiger partial charge in [0, 0.05) is 17.2 Å². The summed E-state index contributed by atoms with van der Waals surface area (Å²) >= 11 is 1.35. The molecule has 0 spiro atoms. The van der Waals surface area contributed by atoms with Crippen LogP contribution < -0.4 is 10.5 Å². The predicted octanol–water partition coefficient (Wildman–Crippen LogP) is 5.16. The fraction of sp³-hybridized carbons (Fsp3) is 0.286. The molecule has 0 aliphatic heterocycles. The monoisotopic (exact) mass is 376 g/mol. The molecule has 1 aliphatic rings. The zero-order chi connectivity index (χ0) is 19.0. The molecule has 0 unspecified atom stereocenters. The van der Waals surface area contributed by atoms with Gasteiger partial charge < -0.3 is 10.5 Å². The predicted molar refractivity (Wildman–Crippen MR) is 108 cm³/mol. The van der Waals surface area contributed by atoms with E-state index in [1.165, 1.54) is 22.7 Å². The summed E-state index contributed by atoms with van der Waals surface area (Å²) < 4.78 is 10.3. The van der Waals surface area contributed by atoms with Crippen molar-refractivity contribution in [1.29, 1.82) is 0 Å². The van der Waals surface area contributed by atoms with Gasteiger partial charge in [-0.25, -0.2) is 9.83 Å². The van der Waals surface area contributed by atoms with Gasteiger partial charge in [0.1, 0.15) is 10.8 Å². The third-order valence-corrected chi connectivity index (χ3v) is 5.44. The van der Waals surface area contributed by atoms with Crippen LogP contribution >= 0.6 is 11.5 Å². The summed E-state index contributed by atoms with van der Waals surface area (Å²) in [7, 11) is 0. The minimum Gasteiger partial charge on any atom is -0.502 e. The lowest BCUT2D eigenvalue weighted by molar-refractivity contribution is 0.244. The number of nitrogens with two attached hydrogens (primary N) is 1. The highest BCUT2D eigenvalue weighted by atomic mass is 32.1. The van der Waals surface area contributed by atoms with E-state index >= 15 is 0 Å². The van der Waals surface area contributed by atoms with Crippen molar-refractivity contribution in [2.24, 2.45) is 5.73 Å². The first-order valence-electron chi connectivity index (χ1n) is 8.97. The Morgan fingerprint density at radius 1 is 1.30 bits per heavy atom. The molecule has 1 aliphatic carbocycles. The third kappa shape index (κ3) is 3.32. The van der Waals surface area contributed by atoms with Crippen LogP contribution in [0.15, 0.2) is 36.4 Å². The lowest BCUT2D eigenvalue weighted by Gasteiger charge is -2.11. The highest BCUT2D eigenvalue weighted by molar-refractivity contribution is 7.09. The molecule has 0 amide bonds. The average Bonchev–Trinajstić information content (AvgIpc) is 3.29. The van der Waals surface area contributed by atoms with Crippen LogP contribution in [-0.2, 0) is 6.42 Å². The maximum atomic E-state index is 7.43. The Hall–Kier alpha value is -2.75. The largest absolute Gasteiger partial charge is 0.502 e. The number of fused-ring (bicyclic) bond motifs is 1. The number of ether oxygens (including phenoxy) is 1. The fourth-order valence-corrected chi connectivity index (χ4v) is 4.11. The van der Waals surface area contributed by atoms with Crippen molar-refractivity contribution in [3.8, 4) is 27.7 Å². The maximum Gasteiger partial charge on any atom is 0.228 e. The van der Waals surface area contributed by atoms with Gasteiger partial charge >= 0.3 is 0 Å². The van der Waals surface area contributed by atoms with Crippen LogP contribution in [0.1, 0.15) is 37.4 Å². The summed E-state index contributed by atoms with van der Waals surface area (Å²) in [5.74, 6) is 1.33. The molecule has 3 aromatic rings. The van der Waals surface area contributed by atoms with Gasteiger partial charge in [0.05, 0.1) is 12.7 Å². The van der Waals surface area contributed by atoms with Crippen molar-refractivity contribution in [1.82, 2.24) is 9.36 Å². The number of aromatic nitrogens is 2. The van der Waals surface area contributed by atoms with E-state index in [2.05, 4.69) is 21.4 Å². The smallest absolute Gasteiger partial charge is 0.228 e. The topological polar surface area (TPSA) is 65.4 Å². The SMILES string of the molecule is [C-]#[N+]c1cc(-c2nc(-c3cccc4c3CC[C@@H]4N)ns2)ccc1OC(C)C. The molecule has 0 fully saturated rings. The number of rotatable bonds is 4. The zero-order valence-corrected chi connectivity index (χ0v) is 16.1. The van der Waals surface area contributed by atoms with Crippen LogP contribution in [0.3, 0.4) is 0 Å². The molecule has 2 N–H and O–H groups in total. The minimum atomic E-state index is 0.0241. The number of hydrogen-bond donors (Lipinski definition) is 1.